The maximum atomic E-state index is 13.3. The van der Waals surface area contributed by atoms with E-state index in [1.807, 2.05) is 0 Å². The van der Waals surface area contributed by atoms with Crippen molar-refractivity contribution in [3.63, 3.8) is 0 Å². The Morgan fingerprint density at radius 1 is 1.55 bits per heavy atom. The Kier molecular flexibility index (Phi) is 4.59. The molecule has 0 saturated carbocycles. The molecule has 20 heavy (non-hydrogen) atoms. The summed E-state index contributed by atoms with van der Waals surface area (Å²) in [5.74, 6) is -0.479. The van der Waals surface area contributed by atoms with Crippen LogP contribution in [0.2, 0.25) is 5.02 Å². The van der Waals surface area contributed by atoms with Gasteiger partial charge in [0.05, 0.1) is 30.1 Å². The molecule has 1 aromatic heterocycles. The van der Waals surface area contributed by atoms with Gasteiger partial charge in [0.15, 0.2) is 0 Å². The number of hydrogen-bond donors (Lipinski definition) is 2. The van der Waals surface area contributed by atoms with Gasteiger partial charge in [-0.15, -0.1) is 0 Å². The molecule has 2 rings (SSSR count). The van der Waals surface area contributed by atoms with Gasteiger partial charge in [-0.05, 0) is 18.2 Å². The Balaban J connectivity index is 2.39. The Morgan fingerprint density at radius 2 is 2.30 bits per heavy atom. The lowest BCUT2D eigenvalue weighted by atomic mass is 10.0. The molecule has 1 heterocycles. The molecule has 3 N–H and O–H groups in total. The van der Waals surface area contributed by atoms with Gasteiger partial charge >= 0.3 is 0 Å². The van der Waals surface area contributed by atoms with Gasteiger partial charge in [0, 0.05) is 18.4 Å². The van der Waals surface area contributed by atoms with E-state index in [9.17, 15) is 9.50 Å². The van der Waals surface area contributed by atoms with Crippen molar-refractivity contribution >= 4 is 17.3 Å². The number of anilines is 1. The summed E-state index contributed by atoms with van der Waals surface area (Å²) >= 11 is 6.04. The average Bonchev–Trinajstić information content (AvgIpc) is 2.79. The minimum atomic E-state index is -1.16. The van der Waals surface area contributed by atoms with E-state index in [2.05, 4.69) is 5.10 Å². The van der Waals surface area contributed by atoms with Crippen LogP contribution in [0, 0.1) is 5.82 Å². The largest absolute Gasteiger partial charge is 0.398 e. The van der Waals surface area contributed by atoms with Crippen LogP contribution in [0.1, 0.15) is 17.4 Å². The van der Waals surface area contributed by atoms with Crippen LogP contribution in [0.25, 0.3) is 0 Å². The van der Waals surface area contributed by atoms with Crippen LogP contribution in [0.3, 0.4) is 0 Å². The minimum Gasteiger partial charge on any atom is -0.398 e. The molecule has 108 valence electrons. The lowest BCUT2D eigenvalue weighted by molar-refractivity contribution is 0.171. The fraction of sp³-hybridized carbons (Fsp3) is 0.308. The van der Waals surface area contributed by atoms with E-state index in [1.54, 1.807) is 7.11 Å². The van der Waals surface area contributed by atoms with E-state index in [0.717, 1.165) is 0 Å². The molecule has 0 saturated heterocycles. The summed E-state index contributed by atoms with van der Waals surface area (Å²) in [5.41, 5.74) is 6.68. The lowest BCUT2D eigenvalue weighted by Crippen LogP contribution is -2.14. The number of aromatic nitrogens is 2. The first-order valence-corrected chi connectivity index (χ1v) is 6.35. The Hall–Kier alpha value is -1.63. The van der Waals surface area contributed by atoms with Crippen LogP contribution in [-0.2, 0) is 11.3 Å². The number of halogens is 2. The van der Waals surface area contributed by atoms with Gasteiger partial charge in [-0.2, -0.15) is 5.10 Å². The number of benzene rings is 1. The average molecular weight is 300 g/mol. The van der Waals surface area contributed by atoms with Gasteiger partial charge in [-0.3, -0.25) is 4.68 Å². The first-order chi connectivity index (χ1) is 9.54. The second kappa shape index (κ2) is 6.21. The third kappa shape index (κ3) is 2.92. The summed E-state index contributed by atoms with van der Waals surface area (Å²) in [6.45, 7) is 0.835. The SMILES string of the molecule is COCCn1ncc(Cl)c1C(O)c1cc(F)ccc1N. The maximum Gasteiger partial charge on any atom is 0.124 e. The fourth-order valence-electron chi connectivity index (χ4n) is 1.93. The van der Waals surface area contributed by atoms with Gasteiger partial charge < -0.3 is 15.6 Å². The second-order valence-corrected chi connectivity index (χ2v) is 4.68. The molecule has 7 heteroatoms. The number of nitrogens with two attached hydrogens (primary N) is 1. The lowest BCUT2D eigenvalue weighted by Gasteiger charge is -2.16. The van der Waals surface area contributed by atoms with Crippen molar-refractivity contribution in [2.45, 2.75) is 12.6 Å². The van der Waals surface area contributed by atoms with E-state index < -0.39 is 11.9 Å². The van der Waals surface area contributed by atoms with Crippen LogP contribution in [0.4, 0.5) is 10.1 Å². The highest BCUT2D eigenvalue weighted by Crippen LogP contribution is 2.31. The topological polar surface area (TPSA) is 73.3 Å². The molecular weight excluding hydrogens is 285 g/mol. The first kappa shape index (κ1) is 14.8. The summed E-state index contributed by atoms with van der Waals surface area (Å²) < 4.78 is 19.8. The van der Waals surface area contributed by atoms with Crippen molar-refractivity contribution in [2.75, 3.05) is 19.5 Å². The first-order valence-electron chi connectivity index (χ1n) is 5.97. The smallest absolute Gasteiger partial charge is 0.124 e. The molecule has 0 bridgehead atoms. The van der Waals surface area contributed by atoms with Gasteiger partial charge in [-0.25, -0.2) is 4.39 Å². The maximum absolute atomic E-state index is 13.3. The van der Waals surface area contributed by atoms with Gasteiger partial charge in [0.1, 0.15) is 11.9 Å². The molecule has 1 unspecified atom stereocenters. The number of nitrogen functional groups attached to an aromatic ring is 1. The molecule has 2 aromatic rings. The molecule has 1 atom stereocenters. The van der Waals surface area contributed by atoms with E-state index in [-0.39, 0.29) is 16.3 Å². The number of aliphatic hydroxyl groups is 1. The molecule has 0 spiro atoms. The molecule has 0 aliphatic carbocycles. The number of methoxy groups -OCH3 is 1. The number of hydrogen-bond acceptors (Lipinski definition) is 4. The van der Waals surface area contributed by atoms with Crippen molar-refractivity contribution in [1.29, 1.82) is 0 Å². The highest BCUT2D eigenvalue weighted by Gasteiger charge is 2.22. The molecular formula is C13H15ClFN3O2. The zero-order valence-corrected chi connectivity index (χ0v) is 11.6. The summed E-state index contributed by atoms with van der Waals surface area (Å²) in [4.78, 5) is 0. The predicted octanol–water partition coefficient (Wildman–Crippen LogP) is 1.99. The zero-order valence-electron chi connectivity index (χ0n) is 10.9. The zero-order chi connectivity index (χ0) is 14.7. The Labute approximate surface area is 120 Å². The van der Waals surface area contributed by atoms with Crippen LogP contribution in [0.5, 0.6) is 0 Å². The van der Waals surface area contributed by atoms with Crippen LogP contribution in [0.15, 0.2) is 24.4 Å². The summed E-state index contributed by atoms with van der Waals surface area (Å²) in [7, 11) is 1.56. The van der Waals surface area contributed by atoms with Gasteiger partial charge in [0.25, 0.3) is 0 Å². The molecule has 0 radical (unpaired) electrons. The quantitative estimate of drug-likeness (QED) is 0.828. The predicted molar refractivity (Wildman–Crippen MR) is 74.0 cm³/mol. The van der Waals surface area contributed by atoms with Crippen molar-refractivity contribution in [2.24, 2.45) is 0 Å². The number of rotatable bonds is 5. The number of nitrogens with zero attached hydrogens (tertiary/aromatic N) is 2. The van der Waals surface area contributed by atoms with Crippen LogP contribution >= 0.6 is 11.6 Å². The van der Waals surface area contributed by atoms with Gasteiger partial charge in [0.2, 0.25) is 0 Å². The molecule has 0 aliphatic rings. The third-order valence-corrected chi connectivity index (χ3v) is 3.23. The highest BCUT2D eigenvalue weighted by molar-refractivity contribution is 6.31. The van der Waals surface area contributed by atoms with Crippen molar-refractivity contribution in [3.05, 3.63) is 46.5 Å². The fourth-order valence-corrected chi connectivity index (χ4v) is 2.17. The molecule has 0 amide bonds. The summed E-state index contributed by atoms with van der Waals surface area (Å²) in [5, 5.41) is 14.8. The van der Waals surface area contributed by atoms with E-state index in [0.29, 0.717) is 18.8 Å². The standard InChI is InChI=1S/C13H15ClFN3O2/c1-20-5-4-18-12(10(14)7-17-18)13(19)9-6-8(15)2-3-11(9)16/h2-3,6-7,13,19H,4-5,16H2,1H3. The third-order valence-electron chi connectivity index (χ3n) is 2.94. The summed E-state index contributed by atoms with van der Waals surface area (Å²) in [6, 6.07) is 3.82. The van der Waals surface area contributed by atoms with Crippen LogP contribution < -0.4 is 5.73 Å². The second-order valence-electron chi connectivity index (χ2n) is 4.27. The highest BCUT2D eigenvalue weighted by atomic mass is 35.5. The minimum absolute atomic E-state index is 0.256. The normalized spacial score (nSPS) is 12.6. The number of ether oxygens (including phenoxy) is 1. The summed E-state index contributed by atoms with van der Waals surface area (Å²) in [6.07, 6.45) is 0.267. The monoisotopic (exact) mass is 299 g/mol. The van der Waals surface area contributed by atoms with Crippen molar-refractivity contribution in [3.8, 4) is 0 Å². The molecule has 0 aliphatic heterocycles. The van der Waals surface area contributed by atoms with Crippen molar-refractivity contribution in [1.82, 2.24) is 9.78 Å². The Bertz CT molecular complexity index is 603. The van der Waals surface area contributed by atoms with E-state index in [4.69, 9.17) is 22.1 Å². The Morgan fingerprint density at radius 3 is 3.00 bits per heavy atom. The molecule has 1 aromatic carbocycles. The van der Waals surface area contributed by atoms with Gasteiger partial charge in [-0.1, -0.05) is 11.6 Å². The van der Waals surface area contributed by atoms with Crippen molar-refractivity contribution < 1.29 is 14.2 Å². The molecule has 5 nitrogen and oxygen atoms in total. The molecule has 0 fully saturated rings. The van der Waals surface area contributed by atoms with Crippen LogP contribution in [-0.4, -0.2) is 28.6 Å². The number of aliphatic hydroxyl groups excluding tert-OH is 1. The van der Waals surface area contributed by atoms with E-state index >= 15 is 0 Å². The van der Waals surface area contributed by atoms with E-state index in [1.165, 1.54) is 29.1 Å².